The Hall–Kier alpha value is -2.58. The van der Waals surface area contributed by atoms with Gasteiger partial charge in [0.1, 0.15) is 5.75 Å². The summed E-state index contributed by atoms with van der Waals surface area (Å²) < 4.78 is 5.47. The van der Waals surface area contributed by atoms with E-state index in [0.29, 0.717) is 12.0 Å². The van der Waals surface area contributed by atoms with Crippen molar-refractivity contribution in [1.29, 1.82) is 0 Å². The Morgan fingerprint density at radius 1 is 0.912 bits per heavy atom. The SMILES string of the molecule is COc1ccc(C(C)(C)Cc2ccc(C(c3ccccc3)[C@H]3CC4CCN3CC4)cc2)cc1C. The first-order valence-electron chi connectivity index (χ1n) is 13.0. The molecular weight excluding hydrogens is 414 g/mol. The summed E-state index contributed by atoms with van der Waals surface area (Å²) in [5.41, 5.74) is 6.95. The van der Waals surface area contributed by atoms with Gasteiger partial charge in [0.15, 0.2) is 0 Å². The fourth-order valence-electron chi connectivity index (χ4n) is 6.41. The van der Waals surface area contributed by atoms with Crippen molar-refractivity contribution >= 4 is 0 Å². The Labute approximate surface area is 206 Å². The maximum atomic E-state index is 5.47. The summed E-state index contributed by atoms with van der Waals surface area (Å²) in [6.45, 7) is 9.37. The quantitative estimate of drug-likeness (QED) is 0.377. The number of hydrogen-bond acceptors (Lipinski definition) is 2. The van der Waals surface area contributed by atoms with E-state index in [1.54, 1.807) is 7.11 Å². The molecule has 34 heavy (non-hydrogen) atoms. The zero-order valence-corrected chi connectivity index (χ0v) is 21.3. The molecule has 3 fully saturated rings. The van der Waals surface area contributed by atoms with Gasteiger partial charge >= 0.3 is 0 Å². The van der Waals surface area contributed by atoms with Gasteiger partial charge in [-0.1, -0.05) is 80.6 Å². The summed E-state index contributed by atoms with van der Waals surface area (Å²) in [4.78, 5) is 2.76. The van der Waals surface area contributed by atoms with E-state index in [-0.39, 0.29) is 5.41 Å². The average Bonchev–Trinajstić information content (AvgIpc) is 2.86. The van der Waals surface area contributed by atoms with Crippen LogP contribution in [0.3, 0.4) is 0 Å². The molecule has 3 saturated heterocycles. The largest absolute Gasteiger partial charge is 0.496 e. The van der Waals surface area contributed by atoms with Gasteiger partial charge in [0.25, 0.3) is 0 Å². The average molecular weight is 454 g/mol. The van der Waals surface area contributed by atoms with Crippen LogP contribution in [0.4, 0.5) is 0 Å². The summed E-state index contributed by atoms with van der Waals surface area (Å²) in [7, 11) is 1.74. The first-order chi connectivity index (χ1) is 16.4. The zero-order valence-electron chi connectivity index (χ0n) is 21.3. The summed E-state index contributed by atoms with van der Waals surface area (Å²) in [5, 5.41) is 0. The molecule has 2 atom stereocenters. The molecule has 0 radical (unpaired) electrons. The highest BCUT2D eigenvalue weighted by Crippen LogP contribution is 2.42. The molecular formula is C32H39NO. The number of benzene rings is 3. The van der Waals surface area contributed by atoms with Crippen LogP contribution in [0, 0.1) is 12.8 Å². The van der Waals surface area contributed by atoms with Gasteiger partial charge in [0.2, 0.25) is 0 Å². The highest BCUT2D eigenvalue weighted by molar-refractivity contribution is 5.41. The molecule has 2 bridgehead atoms. The van der Waals surface area contributed by atoms with Gasteiger partial charge in [-0.3, -0.25) is 4.90 Å². The molecule has 3 heterocycles. The van der Waals surface area contributed by atoms with Crippen molar-refractivity contribution in [3.05, 3.63) is 101 Å². The smallest absolute Gasteiger partial charge is 0.121 e. The Kier molecular flexibility index (Phi) is 6.53. The van der Waals surface area contributed by atoms with E-state index in [0.717, 1.165) is 18.1 Å². The van der Waals surface area contributed by atoms with Gasteiger partial charge in [-0.15, -0.1) is 0 Å². The van der Waals surface area contributed by atoms with Crippen molar-refractivity contribution in [1.82, 2.24) is 4.90 Å². The molecule has 6 rings (SSSR count). The number of aryl methyl sites for hydroxylation is 1. The second-order valence-electron chi connectivity index (χ2n) is 11.2. The lowest BCUT2D eigenvalue weighted by Crippen LogP contribution is -2.51. The van der Waals surface area contributed by atoms with Crippen molar-refractivity contribution in [2.75, 3.05) is 20.2 Å². The minimum atomic E-state index is 0.0611. The normalized spacial score (nSPS) is 23.0. The first kappa shape index (κ1) is 23.2. The van der Waals surface area contributed by atoms with Gasteiger partial charge in [-0.2, -0.15) is 0 Å². The van der Waals surface area contributed by atoms with E-state index in [9.17, 15) is 0 Å². The fraction of sp³-hybridized carbons (Fsp3) is 0.438. The Balaban J connectivity index is 1.39. The molecule has 3 aromatic rings. The van der Waals surface area contributed by atoms with Gasteiger partial charge < -0.3 is 4.74 Å². The van der Waals surface area contributed by atoms with Gasteiger partial charge in [0, 0.05) is 12.0 Å². The van der Waals surface area contributed by atoms with E-state index >= 15 is 0 Å². The first-order valence-corrected chi connectivity index (χ1v) is 13.0. The maximum absolute atomic E-state index is 5.47. The summed E-state index contributed by atoms with van der Waals surface area (Å²) >= 11 is 0. The van der Waals surface area contributed by atoms with Gasteiger partial charge in [0.05, 0.1) is 7.11 Å². The fourth-order valence-corrected chi connectivity index (χ4v) is 6.41. The van der Waals surface area contributed by atoms with Crippen molar-refractivity contribution in [2.45, 2.75) is 63.8 Å². The molecule has 3 aromatic carbocycles. The molecule has 178 valence electrons. The summed E-state index contributed by atoms with van der Waals surface area (Å²) in [6, 6.07) is 28.0. The van der Waals surface area contributed by atoms with Crippen LogP contribution in [-0.2, 0) is 11.8 Å². The van der Waals surface area contributed by atoms with Crippen LogP contribution in [0.15, 0.2) is 72.8 Å². The predicted molar refractivity (Wildman–Crippen MR) is 142 cm³/mol. The van der Waals surface area contributed by atoms with Crippen molar-refractivity contribution in [2.24, 2.45) is 5.92 Å². The number of methoxy groups -OCH3 is 1. The van der Waals surface area contributed by atoms with Crippen LogP contribution in [0.1, 0.15) is 66.8 Å². The maximum Gasteiger partial charge on any atom is 0.121 e. The van der Waals surface area contributed by atoms with Crippen LogP contribution < -0.4 is 4.74 Å². The number of rotatable bonds is 7. The number of ether oxygens (including phenoxy) is 1. The minimum absolute atomic E-state index is 0.0611. The monoisotopic (exact) mass is 453 g/mol. The highest BCUT2D eigenvalue weighted by atomic mass is 16.5. The molecule has 0 aromatic heterocycles. The van der Waals surface area contributed by atoms with E-state index in [1.165, 1.54) is 60.2 Å². The molecule has 0 amide bonds. The topological polar surface area (TPSA) is 12.5 Å². The predicted octanol–water partition coefficient (Wildman–Crippen LogP) is 7.14. The van der Waals surface area contributed by atoms with E-state index in [2.05, 4.69) is 98.5 Å². The molecule has 3 aliphatic heterocycles. The third kappa shape index (κ3) is 4.66. The Morgan fingerprint density at radius 2 is 1.59 bits per heavy atom. The van der Waals surface area contributed by atoms with Crippen LogP contribution in [0.2, 0.25) is 0 Å². The van der Waals surface area contributed by atoms with Gasteiger partial charge in [-0.05, 0) is 90.9 Å². The molecule has 0 spiro atoms. The second kappa shape index (κ2) is 9.58. The molecule has 2 heteroatoms. The minimum Gasteiger partial charge on any atom is -0.496 e. The van der Waals surface area contributed by atoms with Crippen LogP contribution in [-0.4, -0.2) is 31.1 Å². The summed E-state index contributed by atoms with van der Waals surface area (Å²) in [6.07, 6.45) is 5.13. The van der Waals surface area contributed by atoms with Crippen molar-refractivity contribution < 1.29 is 4.74 Å². The number of nitrogens with zero attached hydrogens (tertiary/aromatic N) is 1. The van der Waals surface area contributed by atoms with E-state index < -0.39 is 0 Å². The van der Waals surface area contributed by atoms with Crippen molar-refractivity contribution in [3.8, 4) is 5.75 Å². The van der Waals surface area contributed by atoms with Crippen LogP contribution >= 0.6 is 0 Å². The number of fused-ring (bicyclic) bond motifs is 3. The lowest BCUT2D eigenvalue weighted by atomic mass is 9.73. The molecule has 0 saturated carbocycles. The van der Waals surface area contributed by atoms with Crippen LogP contribution in [0.25, 0.3) is 0 Å². The zero-order chi connectivity index (χ0) is 23.7. The van der Waals surface area contributed by atoms with Crippen LogP contribution in [0.5, 0.6) is 5.75 Å². The van der Waals surface area contributed by atoms with Gasteiger partial charge in [-0.25, -0.2) is 0 Å². The lowest BCUT2D eigenvalue weighted by Gasteiger charge is -2.48. The Morgan fingerprint density at radius 3 is 2.18 bits per heavy atom. The third-order valence-corrected chi connectivity index (χ3v) is 8.40. The lowest BCUT2D eigenvalue weighted by molar-refractivity contribution is 0.0411. The Bertz CT molecular complexity index is 1090. The summed E-state index contributed by atoms with van der Waals surface area (Å²) in [5.74, 6) is 2.33. The molecule has 0 N–H and O–H groups in total. The van der Waals surface area contributed by atoms with E-state index in [1.807, 2.05) is 0 Å². The highest BCUT2D eigenvalue weighted by Gasteiger charge is 2.39. The van der Waals surface area contributed by atoms with E-state index in [4.69, 9.17) is 4.74 Å². The van der Waals surface area contributed by atoms with Crippen molar-refractivity contribution in [3.63, 3.8) is 0 Å². The molecule has 3 aliphatic rings. The third-order valence-electron chi connectivity index (χ3n) is 8.40. The molecule has 1 unspecified atom stereocenters. The number of piperidine rings is 3. The second-order valence-corrected chi connectivity index (χ2v) is 11.2. The molecule has 0 aliphatic carbocycles. The number of hydrogen-bond donors (Lipinski definition) is 0. The standard InChI is InChI=1S/C32H39NO/c1-23-20-28(14-15-30(23)34-4)32(2,3)22-25-10-12-27(13-11-25)31(26-8-6-5-7-9-26)29-21-24-16-18-33(29)19-17-24/h5-15,20,24,29,31H,16-19,21-22H2,1-4H3/t29-,31?/m1/s1. The molecule has 2 nitrogen and oxygen atoms in total.